The van der Waals surface area contributed by atoms with Gasteiger partial charge in [-0.15, -0.1) is 11.3 Å². The predicted molar refractivity (Wildman–Crippen MR) is 131 cm³/mol. The standard InChI is InChI=1S/C24H23ClN4O3S/c1-15-11-17(25)5-8-20(15)31-13-16-12-21(33-14-16)24(30)26-18-6-7-19(23-22(18)27-32-28-23)29-9-3-2-4-10-29/h5-8,11-12,14H,2-4,9-10,13H2,1H3,(H,26,30). The van der Waals surface area contributed by atoms with Crippen LogP contribution in [-0.4, -0.2) is 29.3 Å². The second-order valence-electron chi connectivity index (χ2n) is 8.11. The number of amides is 1. The van der Waals surface area contributed by atoms with Crippen LogP contribution in [0.5, 0.6) is 5.75 Å². The Morgan fingerprint density at radius 1 is 1.15 bits per heavy atom. The number of hydrogen-bond acceptors (Lipinski definition) is 7. The van der Waals surface area contributed by atoms with E-state index in [4.69, 9.17) is 21.0 Å². The van der Waals surface area contributed by atoms with Crippen molar-refractivity contribution in [3.63, 3.8) is 0 Å². The molecular weight excluding hydrogens is 460 g/mol. The monoisotopic (exact) mass is 482 g/mol. The van der Waals surface area contributed by atoms with Crippen LogP contribution >= 0.6 is 22.9 Å². The number of aryl methyl sites for hydroxylation is 1. The molecule has 3 heterocycles. The summed E-state index contributed by atoms with van der Waals surface area (Å²) in [5, 5.41) is 13.7. The number of rotatable bonds is 6. The Morgan fingerprint density at radius 2 is 1.97 bits per heavy atom. The molecule has 2 aromatic heterocycles. The quantitative estimate of drug-likeness (QED) is 0.359. The molecule has 1 saturated heterocycles. The number of hydrogen-bond donors (Lipinski definition) is 1. The Labute approximate surface area is 200 Å². The summed E-state index contributed by atoms with van der Waals surface area (Å²) in [7, 11) is 0. The molecule has 2 aromatic carbocycles. The summed E-state index contributed by atoms with van der Waals surface area (Å²) in [6, 6.07) is 11.2. The van der Waals surface area contributed by atoms with Crippen LogP contribution < -0.4 is 15.0 Å². The Kier molecular flexibility index (Phi) is 6.20. The number of benzene rings is 2. The predicted octanol–water partition coefficient (Wildman–Crippen LogP) is 6.07. The van der Waals surface area contributed by atoms with Crippen molar-refractivity contribution in [2.24, 2.45) is 0 Å². The maximum atomic E-state index is 12.9. The number of piperidine rings is 1. The van der Waals surface area contributed by atoms with E-state index >= 15 is 0 Å². The van der Waals surface area contributed by atoms with Crippen LogP contribution in [-0.2, 0) is 6.61 Å². The average molecular weight is 483 g/mol. The zero-order chi connectivity index (χ0) is 22.8. The summed E-state index contributed by atoms with van der Waals surface area (Å²) in [5.41, 5.74) is 4.71. The molecule has 33 heavy (non-hydrogen) atoms. The highest BCUT2D eigenvalue weighted by atomic mass is 35.5. The minimum atomic E-state index is -0.205. The van der Waals surface area contributed by atoms with E-state index in [-0.39, 0.29) is 5.91 Å². The van der Waals surface area contributed by atoms with Gasteiger partial charge in [-0.25, -0.2) is 4.63 Å². The van der Waals surface area contributed by atoms with Gasteiger partial charge in [0, 0.05) is 23.7 Å². The van der Waals surface area contributed by atoms with Gasteiger partial charge in [-0.2, -0.15) is 0 Å². The Bertz CT molecular complexity index is 1300. The van der Waals surface area contributed by atoms with Gasteiger partial charge in [0.05, 0.1) is 16.3 Å². The maximum absolute atomic E-state index is 12.9. The summed E-state index contributed by atoms with van der Waals surface area (Å²) in [6.07, 6.45) is 3.57. The molecule has 0 bridgehead atoms. The van der Waals surface area contributed by atoms with Crippen molar-refractivity contribution in [2.75, 3.05) is 23.3 Å². The molecule has 0 atom stereocenters. The van der Waals surface area contributed by atoms with Crippen LogP contribution in [0.15, 0.2) is 46.4 Å². The molecule has 1 amide bonds. The minimum absolute atomic E-state index is 0.205. The number of carbonyl (C=O) groups excluding carboxylic acids is 1. The first-order chi connectivity index (χ1) is 16.1. The van der Waals surface area contributed by atoms with Gasteiger partial charge in [0.2, 0.25) is 0 Å². The molecule has 5 rings (SSSR count). The van der Waals surface area contributed by atoms with Gasteiger partial charge in [0.25, 0.3) is 5.91 Å². The van der Waals surface area contributed by atoms with Gasteiger partial charge in [-0.1, -0.05) is 11.6 Å². The summed E-state index contributed by atoms with van der Waals surface area (Å²) in [5.74, 6) is 0.565. The molecule has 1 fully saturated rings. The number of fused-ring (bicyclic) bond motifs is 1. The molecule has 0 radical (unpaired) electrons. The molecule has 1 aliphatic heterocycles. The molecule has 4 aromatic rings. The second kappa shape index (κ2) is 9.41. The molecule has 0 aliphatic carbocycles. The number of nitrogens with zero attached hydrogens (tertiary/aromatic N) is 3. The normalized spacial score (nSPS) is 13.9. The fourth-order valence-electron chi connectivity index (χ4n) is 4.03. The molecular formula is C24H23ClN4O3S. The van der Waals surface area contributed by atoms with E-state index in [9.17, 15) is 4.79 Å². The Morgan fingerprint density at radius 3 is 2.79 bits per heavy atom. The number of thiophene rings is 1. The highest BCUT2D eigenvalue weighted by Crippen LogP contribution is 2.32. The fraction of sp³-hybridized carbons (Fsp3) is 0.292. The summed E-state index contributed by atoms with van der Waals surface area (Å²) in [4.78, 5) is 15.8. The van der Waals surface area contributed by atoms with Crippen molar-refractivity contribution in [1.29, 1.82) is 0 Å². The Balaban J connectivity index is 1.28. The molecule has 7 nitrogen and oxygen atoms in total. The number of aromatic nitrogens is 2. The lowest BCUT2D eigenvalue weighted by atomic mass is 10.1. The molecule has 0 spiro atoms. The van der Waals surface area contributed by atoms with Crippen LogP contribution in [0.2, 0.25) is 5.02 Å². The molecule has 0 saturated carbocycles. The lowest BCUT2D eigenvalue weighted by Crippen LogP contribution is -2.29. The smallest absolute Gasteiger partial charge is 0.265 e. The van der Waals surface area contributed by atoms with E-state index in [2.05, 4.69) is 20.5 Å². The first-order valence-electron chi connectivity index (χ1n) is 10.9. The van der Waals surface area contributed by atoms with Crippen LogP contribution in [0.1, 0.15) is 40.1 Å². The van der Waals surface area contributed by atoms with E-state index in [1.807, 2.05) is 42.6 Å². The van der Waals surface area contributed by atoms with Crippen molar-refractivity contribution in [3.8, 4) is 5.75 Å². The van der Waals surface area contributed by atoms with Crippen LogP contribution in [0.25, 0.3) is 11.0 Å². The van der Waals surface area contributed by atoms with Gasteiger partial charge < -0.3 is 15.0 Å². The van der Waals surface area contributed by atoms with Gasteiger partial charge in [0.15, 0.2) is 11.0 Å². The number of halogens is 1. The van der Waals surface area contributed by atoms with Gasteiger partial charge >= 0.3 is 0 Å². The lowest BCUT2D eigenvalue weighted by Gasteiger charge is -2.28. The van der Waals surface area contributed by atoms with Crippen molar-refractivity contribution >= 4 is 51.3 Å². The molecule has 1 N–H and O–H groups in total. The van der Waals surface area contributed by atoms with Crippen molar-refractivity contribution in [1.82, 2.24) is 10.3 Å². The van der Waals surface area contributed by atoms with Gasteiger partial charge in [-0.05, 0) is 83.8 Å². The number of carbonyl (C=O) groups is 1. The number of ether oxygens (including phenoxy) is 1. The molecule has 0 unspecified atom stereocenters. The lowest BCUT2D eigenvalue weighted by molar-refractivity contribution is 0.103. The number of anilines is 2. The van der Waals surface area contributed by atoms with Gasteiger partial charge in [-0.3, -0.25) is 4.79 Å². The largest absolute Gasteiger partial charge is 0.489 e. The van der Waals surface area contributed by atoms with Crippen LogP contribution in [0.3, 0.4) is 0 Å². The highest BCUT2D eigenvalue weighted by Gasteiger charge is 2.20. The fourth-order valence-corrected chi connectivity index (χ4v) is 5.05. The SMILES string of the molecule is Cc1cc(Cl)ccc1OCc1csc(C(=O)Nc2ccc(N3CCCCC3)c3nonc23)c1. The van der Waals surface area contributed by atoms with Gasteiger partial charge in [0.1, 0.15) is 12.4 Å². The van der Waals surface area contributed by atoms with Crippen LogP contribution in [0, 0.1) is 6.92 Å². The summed E-state index contributed by atoms with van der Waals surface area (Å²) in [6.45, 7) is 4.30. The summed E-state index contributed by atoms with van der Waals surface area (Å²) < 4.78 is 10.9. The topological polar surface area (TPSA) is 80.5 Å². The summed E-state index contributed by atoms with van der Waals surface area (Å²) >= 11 is 7.37. The average Bonchev–Trinajstić information content (AvgIpc) is 3.50. The third kappa shape index (κ3) is 4.67. The molecule has 1 aliphatic rings. The third-order valence-electron chi connectivity index (χ3n) is 5.75. The number of nitrogens with one attached hydrogen (secondary N) is 1. The van der Waals surface area contributed by atoms with E-state index in [1.54, 1.807) is 6.07 Å². The van der Waals surface area contributed by atoms with Crippen LogP contribution in [0.4, 0.5) is 11.4 Å². The van der Waals surface area contributed by atoms with E-state index in [1.165, 1.54) is 17.8 Å². The minimum Gasteiger partial charge on any atom is -0.489 e. The first kappa shape index (κ1) is 21.7. The molecule has 170 valence electrons. The second-order valence-corrected chi connectivity index (χ2v) is 9.46. The molecule has 9 heteroatoms. The van der Waals surface area contributed by atoms with E-state index in [0.717, 1.165) is 48.5 Å². The van der Waals surface area contributed by atoms with E-state index < -0.39 is 0 Å². The van der Waals surface area contributed by atoms with E-state index in [0.29, 0.717) is 33.2 Å². The van der Waals surface area contributed by atoms with Crippen molar-refractivity contribution in [3.05, 3.63) is 62.8 Å². The highest BCUT2D eigenvalue weighted by molar-refractivity contribution is 7.12. The first-order valence-corrected chi connectivity index (χ1v) is 12.1. The van der Waals surface area contributed by atoms with Crippen molar-refractivity contribution < 1.29 is 14.2 Å². The third-order valence-corrected chi connectivity index (χ3v) is 6.96. The Hall–Kier alpha value is -3.10. The zero-order valence-electron chi connectivity index (χ0n) is 18.1. The van der Waals surface area contributed by atoms with Crippen molar-refractivity contribution in [2.45, 2.75) is 32.8 Å². The zero-order valence-corrected chi connectivity index (χ0v) is 19.7. The maximum Gasteiger partial charge on any atom is 0.265 e.